The number of benzene rings is 1. The summed E-state index contributed by atoms with van der Waals surface area (Å²) in [5.41, 5.74) is 5.09. The maximum absolute atomic E-state index is 11.9. The first-order valence-corrected chi connectivity index (χ1v) is 10.6. The molecule has 6 nitrogen and oxygen atoms in total. The van der Waals surface area contributed by atoms with Crippen LogP contribution in [0.15, 0.2) is 41.6 Å². The van der Waals surface area contributed by atoms with Crippen molar-refractivity contribution in [1.82, 2.24) is 15.5 Å². The second-order valence-electron chi connectivity index (χ2n) is 7.83. The highest BCUT2D eigenvalue weighted by atomic mass is 16.2. The third-order valence-electron chi connectivity index (χ3n) is 5.54. The smallest absolute Gasteiger partial charge is 0.219 e. The van der Waals surface area contributed by atoms with E-state index in [0.717, 1.165) is 53.5 Å². The van der Waals surface area contributed by atoms with Crippen molar-refractivity contribution < 1.29 is 4.79 Å². The Bertz CT molecular complexity index is 805. The summed E-state index contributed by atoms with van der Waals surface area (Å²) in [7, 11) is 1.93. The molecule has 4 N–H and O–H groups in total. The number of carbonyl (C=O) groups is 1. The van der Waals surface area contributed by atoms with Crippen LogP contribution < -0.4 is 16.0 Å². The molecule has 0 radical (unpaired) electrons. The highest BCUT2D eigenvalue weighted by Crippen LogP contribution is 2.29. The number of carbonyl (C=O) groups excluding carboxylic acids is 1. The highest BCUT2D eigenvalue weighted by Gasteiger charge is 2.26. The van der Waals surface area contributed by atoms with Crippen molar-refractivity contribution in [3.63, 3.8) is 0 Å². The van der Waals surface area contributed by atoms with Gasteiger partial charge in [-0.1, -0.05) is 25.1 Å². The van der Waals surface area contributed by atoms with E-state index in [1.54, 1.807) is 6.92 Å². The maximum atomic E-state index is 11.9. The summed E-state index contributed by atoms with van der Waals surface area (Å²) in [4.78, 5) is 13.7. The largest absolute Gasteiger partial charge is 0.388 e. The molecule has 1 saturated carbocycles. The fourth-order valence-corrected chi connectivity index (χ4v) is 3.57. The van der Waals surface area contributed by atoms with Crippen molar-refractivity contribution >= 4 is 23.1 Å². The molecule has 0 aromatic heterocycles. The van der Waals surface area contributed by atoms with Gasteiger partial charge in [-0.15, -0.1) is 0 Å². The molecule has 1 heterocycles. The summed E-state index contributed by atoms with van der Waals surface area (Å²) >= 11 is 0. The van der Waals surface area contributed by atoms with Crippen LogP contribution in [0.25, 0.3) is 5.70 Å². The minimum absolute atomic E-state index is 0.0585. The van der Waals surface area contributed by atoms with Gasteiger partial charge >= 0.3 is 0 Å². The average molecular weight is 396 g/mol. The Morgan fingerprint density at radius 2 is 2.00 bits per heavy atom. The van der Waals surface area contributed by atoms with Gasteiger partial charge in [0.15, 0.2) is 0 Å². The second kappa shape index (κ2) is 9.63. The van der Waals surface area contributed by atoms with Gasteiger partial charge in [0.25, 0.3) is 0 Å². The highest BCUT2D eigenvalue weighted by molar-refractivity contribution is 6.07. The van der Waals surface area contributed by atoms with Crippen molar-refractivity contribution in [3.8, 4) is 0 Å². The fourth-order valence-electron chi connectivity index (χ4n) is 3.57. The average Bonchev–Trinajstić information content (AvgIpc) is 3.55. The number of hydrogen-bond acceptors (Lipinski definition) is 4. The monoisotopic (exact) mass is 395 g/mol. The number of amidine groups is 1. The van der Waals surface area contributed by atoms with Gasteiger partial charge in [-0.25, -0.2) is 0 Å². The molecule has 29 heavy (non-hydrogen) atoms. The number of anilines is 1. The van der Waals surface area contributed by atoms with Gasteiger partial charge < -0.3 is 20.9 Å². The van der Waals surface area contributed by atoms with E-state index in [0.29, 0.717) is 18.9 Å². The van der Waals surface area contributed by atoms with Crippen molar-refractivity contribution in [1.29, 1.82) is 5.41 Å². The SMILES string of the molecule is CC/C=C(\NC)c1ccc(NC(=N)C2=C(NCC3CC3)CCN(C(C)=O)C2)cc1. The lowest BCUT2D eigenvalue weighted by molar-refractivity contribution is -0.128. The lowest BCUT2D eigenvalue weighted by atomic mass is 10.0. The minimum atomic E-state index is 0.0585. The Balaban J connectivity index is 1.73. The standard InChI is InChI=1S/C23H33N5O/c1-4-5-21(25-3)18-8-10-19(11-9-18)27-23(24)20-15-28(16(2)29)13-12-22(20)26-14-17-6-7-17/h5,8-11,17,25-26H,4,6-7,12-15H2,1-3H3,(H2,24,27)/b21-5-. The summed E-state index contributed by atoms with van der Waals surface area (Å²) in [5, 5.41) is 18.7. The number of nitrogens with zero attached hydrogens (tertiary/aromatic N) is 1. The molecule has 0 saturated heterocycles. The van der Waals surface area contributed by atoms with Crippen LogP contribution >= 0.6 is 0 Å². The van der Waals surface area contributed by atoms with E-state index >= 15 is 0 Å². The first-order valence-electron chi connectivity index (χ1n) is 10.6. The van der Waals surface area contributed by atoms with E-state index in [4.69, 9.17) is 5.41 Å². The summed E-state index contributed by atoms with van der Waals surface area (Å²) in [6, 6.07) is 8.09. The van der Waals surface area contributed by atoms with Crippen LogP contribution in [0.5, 0.6) is 0 Å². The Kier molecular flexibility index (Phi) is 6.96. The zero-order chi connectivity index (χ0) is 20.8. The van der Waals surface area contributed by atoms with E-state index in [2.05, 4.69) is 41.1 Å². The molecule has 156 valence electrons. The molecule has 2 aliphatic rings. The van der Waals surface area contributed by atoms with Gasteiger partial charge in [-0.05, 0) is 42.9 Å². The third kappa shape index (κ3) is 5.62. The fraction of sp³-hybridized carbons (Fsp3) is 0.478. The van der Waals surface area contributed by atoms with Crippen LogP contribution in [0.3, 0.4) is 0 Å². The van der Waals surface area contributed by atoms with Gasteiger partial charge in [-0.3, -0.25) is 10.2 Å². The van der Waals surface area contributed by atoms with Gasteiger partial charge in [0.1, 0.15) is 5.84 Å². The van der Waals surface area contributed by atoms with Crippen LogP contribution in [0.2, 0.25) is 0 Å². The van der Waals surface area contributed by atoms with Gasteiger partial charge in [0, 0.05) is 56.1 Å². The summed E-state index contributed by atoms with van der Waals surface area (Å²) in [6.07, 6.45) is 6.48. The van der Waals surface area contributed by atoms with E-state index in [1.165, 1.54) is 12.8 Å². The summed E-state index contributed by atoms with van der Waals surface area (Å²) in [5.74, 6) is 1.19. The molecule has 1 aromatic rings. The van der Waals surface area contributed by atoms with Crippen molar-refractivity contribution in [2.75, 3.05) is 32.0 Å². The molecule has 1 amide bonds. The van der Waals surface area contributed by atoms with E-state index < -0.39 is 0 Å². The van der Waals surface area contributed by atoms with E-state index in [1.807, 2.05) is 24.1 Å². The van der Waals surface area contributed by atoms with Gasteiger partial charge in [0.05, 0.1) is 6.54 Å². The molecule has 1 aliphatic heterocycles. The van der Waals surface area contributed by atoms with Crippen LogP contribution in [-0.2, 0) is 4.79 Å². The summed E-state index contributed by atoms with van der Waals surface area (Å²) < 4.78 is 0. The summed E-state index contributed by atoms with van der Waals surface area (Å²) in [6.45, 7) is 5.88. The second-order valence-corrected chi connectivity index (χ2v) is 7.83. The molecule has 1 fully saturated rings. The lowest BCUT2D eigenvalue weighted by Crippen LogP contribution is -2.41. The lowest BCUT2D eigenvalue weighted by Gasteiger charge is -2.31. The normalized spacial score (nSPS) is 17.2. The molecule has 0 unspecified atom stereocenters. The minimum Gasteiger partial charge on any atom is -0.388 e. The Morgan fingerprint density at radius 1 is 1.28 bits per heavy atom. The predicted molar refractivity (Wildman–Crippen MR) is 120 cm³/mol. The van der Waals surface area contributed by atoms with Gasteiger partial charge in [-0.2, -0.15) is 0 Å². The van der Waals surface area contributed by atoms with Crippen LogP contribution in [-0.4, -0.2) is 43.3 Å². The van der Waals surface area contributed by atoms with Crippen LogP contribution in [0, 0.1) is 11.3 Å². The van der Waals surface area contributed by atoms with Crippen LogP contribution in [0.1, 0.15) is 45.1 Å². The Labute approximate surface area is 174 Å². The number of allylic oxidation sites excluding steroid dienone is 1. The number of nitrogens with one attached hydrogen (secondary N) is 4. The first-order chi connectivity index (χ1) is 14.0. The molecular formula is C23H33N5O. The molecule has 0 atom stereocenters. The van der Waals surface area contributed by atoms with Crippen LogP contribution in [0.4, 0.5) is 5.69 Å². The zero-order valence-corrected chi connectivity index (χ0v) is 17.8. The molecule has 0 spiro atoms. The van der Waals surface area contributed by atoms with Crippen molar-refractivity contribution in [2.24, 2.45) is 5.92 Å². The molecule has 6 heteroatoms. The molecular weight excluding hydrogens is 362 g/mol. The third-order valence-corrected chi connectivity index (χ3v) is 5.54. The Hall–Kier alpha value is -2.76. The molecule has 1 aromatic carbocycles. The van der Waals surface area contributed by atoms with Gasteiger partial charge in [0.2, 0.25) is 5.91 Å². The van der Waals surface area contributed by atoms with Crippen molar-refractivity contribution in [2.45, 2.75) is 39.5 Å². The topological polar surface area (TPSA) is 80.2 Å². The van der Waals surface area contributed by atoms with Crippen molar-refractivity contribution in [3.05, 3.63) is 47.2 Å². The van der Waals surface area contributed by atoms with E-state index in [9.17, 15) is 4.79 Å². The molecule has 0 bridgehead atoms. The first kappa shape index (κ1) is 21.0. The number of amides is 1. The predicted octanol–water partition coefficient (Wildman–Crippen LogP) is 3.55. The maximum Gasteiger partial charge on any atom is 0.219 e. The zero-order valence-electron chi connectivity index (χ0n) is 17.8. The van der Waals surface area contributed by atoms with E-state index in [-0.39, 0.29) is 5.91 Å². The Morgan fingerprint density at radius 3 is 2.59 bits per heavy atom. The number of hydrogen-bond donors (Lipinski definition) is 4. The molecule has 1 aliphatic carbocycles. The quantitative estimate of drug-likeness (QED) is 0.401. The molecule has 3 rings (SSSR count). The number of rotatable bonds is 8.